The lowest BCUT2D eigenvalue weighted by Gasteiger charge is -2.00. The van der Waals surface area contributed by atoms with Crippen LogP contribution in [0.5, 0.6) is 0 Å². The van der Waals surface area contributed by atoms with Gasteiger partial charge in [0, 0.05) is 18.3 Å². The van der Waals surface area contributed by atoms with E-state index >= 15 is 0 Å². The van der Waals surface area contributed by atoms with E-state index < -0.39 is 0 Å². The van der Waals surface area contributed by atoms with Crippen LogP contribution >= 0.6 is 0 Å². The van der Waals surface area contributed by atoms with Crippen LogP contribution in [0.25, 0.3) is 11.1 Å². The molecule has 0 amide bonds. The molecule has 0 aliphatic heterocycles. The summed E-state index contributed by atoms with van der Waals surface area (Å²) in [7, 11) is 0. The molecule has 2 atom stereocenters. The fraction of sp³-hybridized carbons (Fsp3) is 0.333. The van der Waals surface area contributed by atoms with Crippen LogP contribution in [0.3, 0.4) is 0 Å². The third kappa shape index (κ3) is 1.38. The fourth-order valence-corrected chi connectivity index (χ4v) is 2.07. The van der Waals surface area contributed by atoms with Gasteiger partial charge in [-0.15, -0.1) is 0 Å². The van der Waals surface area contributed by atoms with Crippen LogP contribution in [0.2, 0.25) is 0 Å². The molecule has 0 aromatic carbocycles. The number of anilines is 1. The lowest BCUT2D eigenvalue weighted by atomic mass is 10.0. The summed E-state index contributed by atoms with van der Waals surface area (Å²) in [4.78, 5) is 4.00. The van der Waals surface area contributed by atoms with Gasteiger partial charge in [-0.05, 0) is 30.0 Å². The number of hydrogen-bond acceptors (Lipinski definition) is 4. The van der Waals surface area contributed by atoms with Crippen LogP contribution in [0, 0.1) is 5.92 Å². The summed E-state index contributed by atoms with van der Waals surface area (Å²) in [6.07, 6.45) is 4.66. The van der Waals surface area contributed by atoms with E-state index in [1.165, 1.54) is 0 Å². The van der Waals surface area contributed by atoms with E-state index in [4.69, 9.17) is 10.3 Å². The summed E-state index contributed by atoms with van der Waals surface area (Å²) >= 11 is 0. The summed E-state index contributed by atoms with van der Waals surface area (Å²) in [6, 6.07) is 3.86. The molecule has 1 fully saturated rings. The van der Waals surface area contributed by atoms with E-state index in [2.05, 4.69) is 17.1 Å². The molecule has 3 rings (SSSR count). The van der Waals surface area contributed by atoms with Gasteiger partial charge in [-0.2, -0.15) is 0 Å². The van der Waals surface area contributed by atoms with Crippen molar-refractivity contribution in [2.24, 2.45) is 5.92 Å². The van der Waals surface area contributed by atoms with E-state index in [-0.39, 0.29) is 0 Å². The Morgan fingerprint density at radius 2 is 2.06 bits per heavy atom. The maximum atomic E-state index is 5.86. The molecule has 2 heterocycles. The Hall–Kier alpha value is -1.84. The summed E-state index contributed by atoms with van der Waals surface area (Å²) < 4.78 is 5.35. The van der Waals surface area contributed by atoms with Crippen LogP contribution < -0.4 is 5.73 Å². The van der Waals surface area contributed by atoms with E-state index in [9.17, 15) is 0 Å². The van der Waals surface area contributed by atoms with Crippen molar-refractivity contribution >= 4 is 5.82 Å². The van der Waals surface area contributed by atoms with Gasteiger partial charge in [0.05, 0.1) is 5.56 Å². The van der Waals surface area contributed by atoms with Crippen molar-refractivity contribution in [1.82, 2.24) is 10.1 Å². The molecule has 0 bridgehead atoms. The minimum Gasteiger partial charge on any atom is -0.380 e. The topological polar surface area (TPSA) is 64.9 Å². The smallest absolute Gasteiger partial charge is 0.175 e. The Balaban J connectivity index is 2.09. The number of rotatable bonds is 2. The minimum atomic E-state index is 0.473. The minimum absolute atomic E-state index is 0.473. The van der Waals surface area contributed by atoms with E-state index in [1.54, 1.807) is 12.4 Å². The number of hydrogen-bond donors (Lipinski definition) is 1. The van der Waals surface area contributed by atoms with Gasteiger partial charge in [0.15, 0.2) is 5.82 Å². The van der Waals surface area contributed by atoms with Crippen LogP contribution in [0.1, 0.15) is 25.0 Å². The van der Waals surface area contributed by atoms with Gasteiger partial charge in [-0.1, -0.05) is 12.1 Å². The van der Waals surface area contributed by atoms with Crippen molar-refractivity contribution in [2.75, 3.05) is 5.73 Å². The molecule has 4 heteroatoms. The molecule has 2 unspecified atom stereocenters. The molecule has 1 aliphatic carbocycles. The van der Waals surface area contributed by atoms with Gasteiger partial charge < -0.3 is 10.3 Å². The fourth-order valence-electron chi connectivity index (χ4n) is 2.07. The quantitative estimate of drug-likeness (QED) is 0.835. The lowest BCUT2D eigenvalue weighted by molar-refractivity contribution is 0.384. The summed E-state index contributed by atoms with van der Waals surface area (Å²) in [6.45, 7) is 2.21. The summed E-state index contributed by atoms with van der Waals surface area (Å²) in [5.74, 6) is 2.55. The SMILES string of the molecule is CC1CC1c1onc(N)c1-c1ccncc1. The normalized spacial score (nSPS) is 23.3. The highest BCUT2D eigenvalue weighted by atomic mass is 16.5. The number of aromatic nitrogens is 2. The highest BCUT2D eigenvalue weighted by molar-refractivity contribution is 5.76. The Bertz CT molecular complexity index is 506. The second kappa shape index (κ2) is 3.33. The molecule has 2 aromatic heterocycles. The number of nitrogens with two attached hydrogens (primary N) is 1. The van der Waals surface area contributed by atoms with Gasteiger partial charge in [-0.3, -0.25) is 4.98 Å². The zero-order valence-corrected chi connectivity index (χ0v) is 9.05. The average molecular weight is 215 g/mol. The van der Waals surface area contributed by atoms with Crippen LogP contribution in [0.15, 0.2) is 29.0 Å². The second-order valence-electron chi connectivity index (χ2n) is 4.36. The van der Waals surface area contributed by atoms with Crippen LogP contribution in [-0.4, -0.2) is 10.1 Å². The van der Waals surface area contributed by atoms with Crippen molar-refractivity contribution in [3.63, 3.8) is 0 Å². The first-order chi connectivity index (χ1) is 7.77. The van der Waals surface area contributed by atoms with E-state index in [0.29, 0.717) is 17.7 Å². The highest BCUT2D eigenvalue weighted by Crippen LogP contribution is 2.51. The van der Waals surface area contributed by atoms with Gasteiger partial charge in [0.2, 0.25) is 0 Å². The predicted molar refractivity (Wildman–Crippen MR) is 60.7 cm³/mol. The molecule has 82 valence electrons. The molecule has 4 nitrogen and oxygen atoms in total. The molecule has 0 spiro atoms. The zero-order chi connectivity index (χ0) is 11.1. The van der Waals surface area contributed by atoms with Crippen molar-refractivity contribution in [3.8, 4) is 11.1 Å². The first kappa shape index (κ1) is 9.39. The molecule has 16 heavy (non-hydrogen) atoms. The first-order valence-electron chi connectivity index (χ1n) is 5.43. The van der Waals surface area contributed by atoms with Crippen molar-refractivity contribution in [1.29, 1.82) is 0 Å². The Kier molecular flexibility index (Phi) is 1.96. The zero-order valence-electron chi connectivity index (χ0n) is 9.05. The summed E-state index contributed by atoms with van der Waals surface area (Å²) in [5, 5.41) is 3.87. The molecule has 0 saturated heterocycles. The number of nitrogens with zero attached hydrogens (tertiary/aromatic N) is 2. The molecule has 0 radical (unpaired) electrons. The van der Waals surface area contributed by atoms with Gasteiger partial charge >= 0.3 is 0 Å². The van der Waals surface area contributed by atoms with Crippen molar-refractivity contribution < 1.29 is 4.52 Å². The maximum absolute atomic E-state index is 5.86. The van der Waals surface area contributed by atoms with E-state index in [1.807, 2.05) is 12.1 Å². The van der Waals surface area contributed by atoms with Crippen LogP contribution in [0.4, 0.5) is 5.82 Å². The molecule has 2 N–H and O–H groups in total. The molecule has 1 aliphatic rings. The Labute approximate surface area is 93.5 Å². The lowest BCUT2D eigenvalue weighted by Crippen LogP contribution is -1.90. The molecular weight excluding hydrogens is 202 g/mol. The van der Waals surface area contributed by atoms with Gasteiger partial charge in [-0.25, -0.2) is 0 Å². The third-order valence-corrected chi connectivity index (χ3v) is 3.16. The van der Waals surface area contributed by atoms with E-state index in [0.717, 1.165) is 23.3 Å². The van der Waals surface area contributed by atoms with Gasteiger partial charge in [0.25, 0.3) is 0 Å². The second-order valence-corrected chi connectivity index (χ2v) is 4.36. The molecule has 2 aromatic rings. The molecule has 1 saturated carbocycles. The largest absolute Gasteiger partial charge is 0.380 e. The predicted octanol–water partition coefficient (Wildman–Crippen LogP) is 2.44. The number of nitrogen functional groups attached to an aromatic ring is 1. The van der Waals surface area contributed by atoms with Crippen molar-refractivity contribution in [2.45, 2.75) is 19.3 Å². The average Bonchev–Trinajstić information content (AvgIpc) is 2.89. The monoisotopic (exact) mass is 215 g/mol. The third-order valence-electron chi connectivity index (χ3n) is 3.16. The van der Waals surface area contributed by atoms with Crippen molar-refractivity contribution in [3.05, 3.63) is 30.3 Å². The maximum Gasteiger partial charge on any atom is 0.175 e. The van der Waals surface area contributed by atoms with Gasteiger partial charge in [0.1, 0.15) is 5.76 Å². The first-order valence-corrected chi connectivity index (χ1v) is 5.43. The van der Waals surface area contributed by atoms with Crippen LogP contribution in [-0.2, 0) is 0 Å². The molecular formula is C12H13N3O. The number of pyridine rings is 1. The Morgan fingerprint density at radius 1 is 1.38 bits per heavy atom. The Morgan fingerprint density at radius 3 is 2.69 bits per heavy atom. The highest BCUT2D eigenvalue weighted by Gasteiger charge is 2.40. The summed E-state index contributed by atoms with van der Waals surface area (Å²) in [5.41, 5.74) is 7.83. The standard InChI is InChI=1S/C12H13N3O/c1-7-6-9(7)11-10(12(13)15-16-11)8-2-4-14-5-3-8/h2-5,7,9H,6H2,1H3,(H2,13,15).